The number of hydrogen-bond donors (Lipinski definition) is 2. The van der Waals surface area contributed by atoms with Crippen molar-refractivity contribution in [3.63, 3.8) is 0 Å². The number of benzene rings is 3. The van der Waals surface area contributed by atoms with E-state index in [1.54, 1.807) is 24.3 Å². The quantitative estimate of drug-likeness (QED) is 0.725. The summed E-state index contributed by atoms with van der Waals surface area (Å²) >= 11 is 0. The average Bonchev–Trinajstić information content (AvgIpc) is 3.13. The molecule has 0 radical (unpaired) electrons. The van der Waals surface area contributed by atoms with E-state index in [-0.39, 0.29) is 11.4 Å². The van der Waals surface area contributed by atoms with Crippen LogP contribution in [0.3, 0.4) is 0 Å². The molecule has 1 unspecified atom stereocenters. The number of aliphatic hydroxyl groups excluding tert-OH is 1. The lowest BCUT2D eigenvalue weighted by atomic mass is 10.0. The molecule has 3 aromatic carbocycles. The number of ether oxygens (including phenoxy) is 1. The summed E-state index contributed by atoms with van der Waals surface area (Å²) in [6.07, 6.45) is -0.116. The molecule has 0 aliphatic carbocycles. The van der Waals surface area contributed by atoms with Gasteiger partial charge in [-0.15, -0.1) is 0 Å². The van der Waals surface area contributed by atoms with Crippen molar-refractivity contribution in [2.24, 2.45) is 0 Å². The summed E-state index contributed by atoms with van der Waals surface area (Å²) in [4.78, 5) is 0.186. The minimum atomic E-state index is -3.70. The Labute approximate surface area is 152 Å². The Bertz CT molecular complexity index is 1060. The second kappa shape index (κ2) is 6.72. The first-order valence-corrected chi connectivity index (χ1v) is 9.93. The van der Waals surface area contributed by atoms with Crippen molar-refractivity contribution >= 4 is 20.8 Å². The van der Waals surface area contributed by atoms with Crippen molar-refractivity contribution in [2.75, 3.05) is 13.2 Å². The highest BCUT2D eigenvalue weighted by atomic mass is 32.2. The molecular weight excluding hydrogens is 350 g/mol. The molecule has 1 aliphatic heterocycles. The van der Waals surface area contributed by atoms with Crippen molar-refractivity contribution in [2.45, 2.75) is 17.4 Å². The Balaban J connectivity index is 1.50. The van der Waals surface area contributed by atoms with Gasteiger partial charge in [-0.2, -0.15) is 0 Å². The first-order chi connectivity index (χ1) is 12.5. The molecule has 0 saturated carbocycles. The molecule has 5 nitrogen and oxygen atoms in total. The zero-order chi connectivity index (χ0) is 18.1. The van der Waals surface area contributed by atoms with Crippen LogP contribution < -0.4 is 9.46 Å². The van der Waals surface area contributed by atoms with Gasteiger partial charge in [0.15, 0.2) is 0 Å². The third kappa shape index (κ3) is 3.31. The van der Waals surface area contributed by atoms with Gasteiger partial charge in [0.2, 0.25) is 10.0 Å². The highest BCUT2D eigenvalue weighted by Crippen LogP contribution is 2.28. The highest BCUT2D eigenvalue weighted by molar-refractivity contribution is 7.89. The third-order valence-corrected chi connectivity index (χ3v) is 6.02. The van der Waals surface area contributed by atoms with Crippen molar-refractivity contribution < 1.29 is 18.3 Å². The number of nitrogens with one attached hydrogen (secondary N) is 1. The minimum absolute atomic E-state index is 0.0885. The second-order valence-electron chi connectivity index (χ2n) is 6.34. The maximum Gasteiger partial charge on any atom is 0.240 e. The number of sulfonamides is 1. The van der Waals surface area contributed by atoms with Gasteiger partial charge in [-0.05, 0) is 46.2 Å². The standard InChI is InChI=1S/C20H19NO4S/c22-19(16-6-8-20-17(11-16)9-10-25-20)13-21-26(23,24)18-7-5-14-3-1-2-4-15(14)12-18/h1-8,11-12,19,21-22H,9-10,13H2. The SMILES string of the molecule is O=S(=O)(NCC(O)c1ccc2c(c1)CCO2)c1ccc2ccccc2c1. The summed E-state index contributed by atoms with van der Waals surface area (Å²) < 4.78 is 33.1. The van der Waals surface area contributed by atoms with Crippen LogP contribution in [0.2, 0.25) is 0 Å². The average molecular weight is 369 g/mol. The Kier molecular flexibility index (Phi) is 4.40. The van der Waals surface area contributed by atoms with E-state index in [9.17, 15) is 13.5 Å². The normalized spacial score (nSPS) is 14.8. The summed E-state index contributed by atoms with van der Waals surface area (Å²) in [6, 6.07) is 18.0. The molecule has 0 aromatic heterocycles. The molecule has 1 aliphatic rings. The van der Waals surface area contributed by atoms with Gasteiger partial charge in [-0.1, -0.05) is 36.4 Å². The molecule has 2 N–H and O–H groups in total. The van der Waals surface area contributed by atoms with Crippen LogP contribution >= 0.6 is 0 Å². The lowest BCUT2D eigenvalue weighted by Gasteiger charge is -2.14. The topological polar surface area (TPSA) is 75.6 Å². The first-order valence-electron chi connectivity index (χ1n) is 8.45. The molecule has 3 aromatic rings. The van der Waals surface area contributed by atoms with Crippen molar-refractivity contribution in [3.8, 4) is 5.75 Å². The minimum Gasteiger partial charge on any atom is -0.493 e. The maximum absolute atomic E-state index is 12.6. The molecule has 26 heavy (non-hydrogen) atoms. The van der Waals surface area contributed by atoms with Gasteiger partial charge in [0.1, 0.15) is 5.75 Å². The summed E-state index contributed by atoms with van der Waals surface area (Å²) in [7, 11) is -3.70. The van der Waals surface area contributed by atoms with E-state index in [2.05, 4.69) is 4.72 Å². The summed E-state index contributed by atoms with van der Waals surface area (Å²) in [5.41, 5.74) is 1.72. The van der Waals surface area contributed by atoms with Crippen LogP contribution in [0.5, 0.6) is 5.75 Å². The fourth-order valence-electron chi connectivity index (χ4n) is 3.14. The lowest BCUT2D eigenvalue weighted by Crippen LogP contribution is -2.28. The smallest absolute Gasteiger partial charge is 0.240 e. The zero-order valence-corrected chi connectivity index (χ0v) is 14.9. The van der Waals surface area contributed by atoms with Gasteiger partial charge >= 0.3 is 0 Å². The lowest BCUT2D eigenvalue weighted by molar-refractivity contribution is 0.182. The predicted octanol–water partition coefficient (Wildman–Crippen LogP) is 2.79. The summed E-state index contributed by atoms with van der Waals surface area (Å²) in [5, 5.41) is 12.2. The Hall–Kier alpha value is -2.41. The van der Waals surface area contributed by atoms with Gasteiger partial charge in [0.05, 0.1) is 17.6 Å². The Morgan fingerprint density at radius 2 is 1.85 bits per heavy atom. The van der Waals surface area contributed by atoms with Crippen LogP contribution in [-0.2, 0) is 16.4 Å². The van der Waals surface area contributed by atoms with E-state index in [1.165, 1.54) is 0 Å². The van der Waals surface area contributed by atoms with E-state index in [0.717, 1.165) is 28.5 Å². The van der Waals surface area contributed by atoms with E-state index >= 15 is 0 Å². The molecule has 4 rings (SSSR count). The zero-order valence-electron chi connectivity index (χ0n) is 14.1. The van der Waals surface area contributed by atoms with Crippen LogP contribution in [0.25, 0.3) is 10.8 Å². The van der Waals surface area contributed by atoms with Crippen molar-refractivity contribution in [1.29, 1.82) is 0 Å². The van der Waals surface area contributed by atoms with Gasteiger partial charge < -0.3 is 9.84 Å². The first kappa shape index (κ1) is 17.0. The van der Waals surface area contributed by atoms with E-state index < -0.39 is 16.1 Å². The number of aliphatic hydroxyl groups is 1. The molecule has 6 heteroatoms. The van der Waals surface area contributed by atoms with Crippen LogP contribution in [-0.4, -0.2) is 26.7 Å². The number of hydrogen-bond acceptors (Lipinski definition) is 4. The van der Waals surface area contributed by atoms with Crippen LogP contribution in [0.15, 0.2) is 65.6 Å². The second-order valence-corrected chi connectivity index (χ2v) is 8.11. The van der Waals surface area contributed by atoms with Crippen LogP contribution in [0.1, 0.15) is 17.2 Å². The fourth-order valence-corrected chi connectivity index (χ4v) is 4.21. The Morgan fingerprint density at radius 3 is 2.69 bits per heavy atom. The molecule has 1 atom stereocenters. The summed E-state index contributed by atoms with van der Waals surface area (Å²) in [6.45, 7) is 0.554. The predicted molar refractivity (Wildman–Crippen MR) is 99.7 cm³/mol. The molecule has 0 fully saturated rings. The van der Waals surface area contributed by atoms with Crippen LogP contribution in [0, 0.1) is 0 Å². The van der Waals surface area contributed by atoms with Crippen molar-refractivity contribution in [3.05, 3.63) is 71.8 Å². The monoisotopic (exact) mass is 369 g/mol. The van der Waals surface area contributed by atoms with Gasteiger partial charge in [-0.25, -0.2) is 13.1 Å². The van der Waals surface area contributed by atoms with Crippen molar-refractivity contribution in [1.82, 2.24) is 4.72 Å². The molecule has 0 spiro atoms. The number of fused-ring (bicyclic) bond motifs is 2. The maximum atomic E-state index is 12.6. The number of rotatable bonds is 5. The van der Waals surface area contributed by atoms with Gasteiger partial charge in [0, 0.05) is 13.0 Å². The van der Waals surface area contributed by atoms with E-state index in [0.29, 0.717) is 12.2 Å². The van der Waals surface area contributed by atoms with Crippen LogP contribution in [0.4, 0.5) is 0 Å². The molecule has 134 valence electrons. The third-order valence-electron chi connectivity index (χ3n) is 4.60. The van der Waals surface area contributed by atoms with Gasteiger partial charge in [0.25, 0.3) is 0 Å². The molecule has 0 saturated heterocycles. The highest BCUT2D eigenvalue weighted by Gasteiger charge is 2.19. The molecule has 0 amide bonds. The van der Waals surface area contributed by atoms with Gasteiger partial charge in [-0.3, -0.25) is 0 Å². The van der Waals surface area contributed by atoms with E-state index in [1.807, 2.05) is 36.4 Å². The molecule has 1 heterocycles. The Morgan fingerprint density at radius 1 is 1.04 bits per heavy atom. The molecular formula is C20H19NO4S. The largest absolute Gasteiger partial charge is 0.493 e. The summed E-state index contributed by atoms with van der Waals surface area (Å²) in [5.74, 6) is 0.831. The molecule has 0 bridgehead atoms. The van der Waals surface area contributed by atoms with E-state index in [4.69, 9.17) is 4.74 Å². The fraction of sp³-hybridized carbons (Fsp3) is 0.200.